The van der Waals surface area contributed by atoms with Crippen molar-refractivity contribution in [2.75, 3.05) is 5.75 Å². The topological polar surface area (TPSA) is 64.0 Å². The maximum atomic E-state index is 13.1. The Labute approximate surface area is 160 Å². The van der Waals surface area contributed by atoms with Gasteiger partial charge in [0.25, 0.3) is 5.56 Å². The lowest BCUT2D eigenvalue weighted by Gasteiger charge is -2.08. The van der Waals surface area contributed by atoms with Gasteiger partial charge in [-0.25, -0.2) is 9.37 Å². The molecule has 0 bridgehead atoms. The molecular formula is C20H18FN3O2S. The summed E-state index contributed by atoms with van der Waals surface area (Å²) in [7, 11) is 0. The molecule has 3 rings (SSSR count). The van der Waals surface area contributed by atoms with Gasteiger partial charge in [-0.15, -0.1) is 0 Å². The van der Waals surface area contributed by atoms with E-state index in [1.807, 2.05) is 31.2 Å². The van der Waals surface area contributed by atoms with Crippen LogP contribution in [0.3, 0.4) is 0 Å². The second kappa shape index (κ2) is 8.64. The van der Waals surface area contributed by atoms with Crippen LogP contribution in [0, 0.1) is 12.7 Å². The lowest BCUT2D eigenvalue weighted by Crippen LogP contribution is -2.26. The van der Waals surface area contributed by atoms with E-state index in [9.17, 15) is 14.0 Å². The van der Waals surface area contributed by atoms with Gasteiger partial charge in [-0.05, 0) is 36.8 Å². The van der Waals surface area contributed by atoms with Gasteiger partial charge < -0.3 is 5.32 Å². The zero-order valence-corrected chi connectivity index (χ0v) is 15.5. The van der Waals surface area contributed by atoms with Crippen molar-refractivity contribution in [1.29, 1.82) is 0 Å². The molecule has 0 saturated carbocycles. The molecule has 1 amide bonds. The van der Waals surface area contributed by atoms with Crippen molar-refractivity contribution >= 4 is 17.7 Å². The Balaban J connectivity index is 1.61. The standard InChI is InChI=1S/C20H18FN3O2S/c1-14-2-4-15(5-3-14)12-23-18(25)13-27-19-20(26)24(11-10-22-19)17-8-6-16(21)7-9-17/h2-11H,12-13H2,1H3,(H,23,25). The minimum absolute atomic E-state index is 0.0849. The largest absolute Gasteiger partial charge is 0.351 e. The van der Waals surface area contributed by atoms with Crippen LogP contribution in [0.2, 0.25) is 0 Å². The quantitative estimate of drug-likeness (QED) is 0.665. The molecule has 0 aliphatic carbocycles. The molecule has 0 radical (unpaired) electrons. The average molecular weight is 383 g/mol. The second-order valence-electron chi connectivity index (χ2n) is 5.93. The van der Waals surface area contributed by atoms with Crippen LogP contribution in [0.15, 0.2) is 70.7 Å². The maximum Gasteiger partial charge on any atom is 0.287 e. The number of hydrogen-bond acceptors (Lipinski definition) is 4. The zero-order valence-electron chi connectivity index (χ0n) is 14.7. The summed E-state index contributed by atoms with van der Waals surface area (Å²) < 4.78 is 14.4. The molecule has 0 atom stereocenters. The summed E-state index contributed by atoms with van der Waals surface area (Å²) in [6, 6.07) is 13.5. The number of nitrogens with zero attached hydrogens (tertiary/aromatic N) is 2. The SMILES string of the molecule is Cc1ccc(CNC(=O)CSc2nccn(-c3ccc(F)cc3)c2=O)cc1. The molecule has 0 aliphatic heterocycles. The van der Waals surface area contributed by atoms with Crippen molar-refractivity contribution in [3.63, 3.8) is 0 Å². The van der Waals surface area contributed by atoms with E-state index in [2.05, 4.69) is 10.3 Å². The van der Waals surface area contributed by atoms with Crippen LogP contribution in [-0.4, -0.2) is 21.2 Å². The molecule has 0 fully saturated rings. The van der Waals surface area contributed by atoms with E-state index in [1.54, 1.807) is 0 Å². The van der Waals surface area contributed by atoms with Gasteiger partial charge in [-0.3, -0.25) is 14.2 Å². The summed E-state index contributed by atoms with van der Waals surface area (Å²) in [6.45, 7) is 2.44. The van der Waals surface area contributed by atoms with E-state index in [1.165, 1.54) is 41.2 Å². The Bertz CT molecular complexity index is 985. The number of halogens is 1. The normalized spacial score (nSPS) is 10.6. The fourth-order valence-electron chi connectivity index (χ4n) is 2.39. The van der Waals surface area contributed by atoms with Gasteiger partial charge in [0, 0.05) is 24.6 Å². The number of thioether (sulfide) groups is 1. The third-order valence-corrected chi connectivity index (χ3v) is 4.82. The molecular weight excluding hydrogens is 365 g/mol. The van der Waals surface area contributed by atoms with Crippen LogP contribution in [-0.2, 0) is 11.3 Å². The average Bonchev–Trinajstić information content (AvgIpc) is 2.67. The number of aryl methyl sites for hydroxylation is 1. The Morgan fingerprint density at radius 2 is 1.85 bits per heavy atom. The van der Waals surface area contributed by atoms with E-state index >= 15 is 0 Å². The molecule has 7 heteroatoms. The molecule has 138 valence electrons. The third kappa shape index (κ3) is 5.04. The second-order valence-corrected chi connectivity index (χ2v) is 6.90. The molecule has 1 heterocycles. The number of carbonyl (C=O) groups is 1. The summed E-state index contributed by atoms with van der Waals surface area (Å²) in [6.07, 6.45) is 2.99. The van der Waals surface area contributed by atoms with Crippen LogP contribution < -0.4 is 10.9 Å². The number of amides is 1. The van der Waals surface area contributed by atoms with Crippen molar-refractivity contribution in [2.45, 2.75) is 18.5 Å². The molecule has 0 aliphatic rings. The van der Waals surface area contributed by atoms with Crippen LogP contribution in [0.1, 0.15) is 11.1 Å². The monoisotopic (exact) mass is 383 g/mol. The van der Waals surface area contributed by atoms with E-state index in [4.69, 9.17) is 0 Å². The fraction of sp³-hybridized carbons (Fsp3) is 0.150. The smallest absolute Gasteiger partial charge is 0.287 e. The number of rotatable bonds is 6. The molecule has 1 N–H and O–H groups in total. The first kappa shape index (κ1) is 18.8. The van der Waals surface area contributed by atoms with Crippen molar-refractivity contribution in [3.8, 4) is 5.69 Å². The van der Waals surface area contributed by atoms with Gasteiger partial charge in [0.1, 0.15) is 5.82 Å². The predicted octanol–water partition coefficient (Wildman–Crippen LogP) is 3.09. The number of nitrogens with one attached hydrogen (secondary N) is 1. The highest BCUT2D eigenvalue weighted by molar-refractivity contribution is 7.99. The summed E-state index contributed by atoms with van der Waals surface area (Å²) in [4.78, 5) is 28.6. The predicted molar refractivity (Wildman–Crippen MR) is 104 cm³/mol. The van der Waals surface area contributed by atoms with Crippen LogP contribution in [0.25, 0.3) is 5.69 Å². The highest BCUT2D eigenvalue weighted by Crippen LogP contribution is 2.12. The summed E-state index contributed by atoms with van der Waals surface area (Å²) in [5.74, 6) is -0.471. The minimum atomic E-state index is -0.374. The first-order valence-electron chi connectivity index (χ1n) is 8.31. The highest BCUT2D eigenvalue weighted by Gasteiger charge is 2.10. The highest BCUT2D eigenvalue weighted by atomic mass is 32.2. The van der Waals surface area contributed by atoms with Gasteiger partial charge >= 0.3 is 0 Å². The number of hydrogen-bond donors (Lipinski definition) is 1. The van der Waals surface area contributed by atoms with E-state index in [-0.39, 0.29) is 28.1 Å². The van der Waals surface area contributed by atoms with E-state index in [0.29, 0.717) is 12.2 Å². The Kier molecular flexibility index (Phi) is 6.03. The summed E-state index contributed by atoms with van der Waals surface area (Å²) in [5, 5.41) is 3.04. The lowest BCUT2D eigenvalue weighted by atomic mass is 10.1. The maximum absolute atomic E-state index is 13.1. The number of carbonyl (C=O) groups excluding carboxylic acids is 1. The van der Waals surface area contributed by atoms with Crippen molar-refractivity contribution < 1.29 is 9.18 Å². The van der Waals surface area contributed by atoms with Crippen LogP contribution >= 0.6 is 11.8 Å². The number of aromatic nitrogens is 2. The molecule has 5 nitrogen and oxygen atoms in total. The molecule has 3 aromatic rings. The van der Waals surface area contributed by atoms with Crippen molar-refractivity contribution in [1.82, 2.24) is 14.9 Å². The van der Waals surface area contributed by atoms with E-state index in [0.717, 1.165) is 22.9 Å². The van der Waals surface area contributed by atoms with Gasteiger partial charge in [0.2, 0.25) is 5.91 Å². The number of benzene rings is 2. The van der Waals surface area contributed by atoms with Gasteiger partial charge in [0.05, 0.1) is 5.75 Å². The van der Waals surface area contributed by atoms with Crippen LogP contribution in [0.5, 0.6) is 0 Å². The third-order valence-electron chi connectivity index (χ3n) is 3.86. The van der Waals surface area contributed by atoms with Crippen molar-refractivity contribution in [3.05, 3.63) is 88.2 Å². The van der Waals surface area contributed by atoms with Gasteiger partial charge in [-0.1, -0.05) is 41.6 Å². The molecule has 0 saturated heterocycles. The Morgan fingerprint density at radius 1 is 1.15 bits per heavy atom. The molecule has 0 spiro atoms. The Hall–Kier alpha value is -2.93. The molecule has 0 unspecified atom stereocenters. The van der Waals surface area contributed by atoms with Gasteiger partial charge in [-0.2, -0.15) is 0 Å². The first-order chi connectivity index (χ1) is 13.0. The summed E-state index contributed by atoms with van der Waals surface area (Å²) >= 11 is 1.07. The molecule has 1 aromatic heterocycles. The van der Waals surface area contributed by atoms with E-state index < -0.39 is 0 Å². The minimum Gasteiger partial charge on any atom is -0.351 e. The molecule has 27 heavy (non-hydrogen) atoms. The first-order valence-corrected chi connectivity index (χ1v) is 9.30. The Morgan fingerprint density at radius 3 is 2.56 bits per heavy atom. The zero-order chi connectivity index (χ0) is 19.2. The van der Waals surface area contributed by atoms with Crippen LogP contribution in [0.4, 0.5) is 4.39 Å². The molecule has 2 aromatic carbocycles. The summed E-state index contributed by atoms with van der Waals surface area (Å²) in [5.41, 5.74) is 2.36. The fourth-order valence-corrected chi connectivity index (χ4v) is 3.12. The van der Waals surface area contributed by atoms with Gasteiger partial charge in [0.15, 0.2) is 5.03 Å². The van der Waals surface area contributed by atoms with Crippen molar-refractivity contribution in [2.24, 2.45) is 0 Å². The lowest BCUT2D eigenvalue weighted by molar-refractivity contribution is -0.118.